The van der Waals surface area contributed by atoms with Crippen molar-refractivity contribution >= 4 is 99.8 Å². The highest BCUT2D eigenvalue weighted by Gasteiger charge is 2.45. The highest BCUT2D eigenvalue weighted by molar-refractivity contribution is 7.33. The van der Waals surface area contributed by atoms with Gasteiger partial charge in [-0.15, -0.1) is 11.3 Å². The molecule has 0 fully saturated rings. The summed E-state index contributed by atoms with van der Waals surface area (Å²) in [7, 11) is 2.19. The number of hydrogen-bond donors (Lipinski definition) is 0. The van der Waals surface area contributed by atoms with Crippen molar-refractivity contribution in [3.8, 4) is 11.1 Å². The summed E-state index contributed by atoms with van der Waals surface area (Å²) in [6.45, 7) is 23.3. The summed E-state index contributed by atoms with van der Waals surface area (Å²) < 4.78 is 5.08. The summed E-state index contributed by atoms with van der Waals surface area (Å²) in [6, 6.07) is 54.2. The zero-order valence-electron chi connectivity index (χ0n) is 39.3. The average Bonchev–Trinajstić information content (AvgIpc) is 3.79. The minimum Gasteiger partial charge on any atom is -0.344 e. The molecule has 0 atom stereocenters. The molecule has 0 spiro atoms. The zero-order chi connectivity index (χ0) is 44.6. The maximum absolute atomic E-state index is 2.61. The fraction of sp³-hybridized carbons (Fsp3) is 0.254. The second-order valence-electron chi connectivity index (χ2n) is 21.4. The van der Waals surface area contributed by atoms with Crippen molar-refractivity contribution in [3.05, 3.63) is 162 Å². The number of hydrogen-bond acceptors (Lipinski definition) is 3. The monoisotopic (exact) mass is 851 g/mol. The van der Waals surface area contributed by atoms with Crippen molar-refractivity contribution in [2.24, 2.45) is 7.05 Å². The van der Waals surface area contributed by atoms with E-state index in [1.54, 1.807) is 0 Å². The van der Waals surface area contributed by atoms with E-state index < -0.39 is 0 Å². The van der Waals surface area contributed by atoms with E-state index in [0.29, 0.717) is 0 Å². The number of anilines is 6. The van der Waals surface area contributed by atoms with Crippen LogP contribution in [0.1, 0.15) is 91.5 Å². The number of rotatable bonds is 4. The average molecular weight is 852 g/mol. The Kier molecular flexibility index (Phi) is 9.06. The first-order valence-corrected chi connectivity index (χ1v) is 24.0. The molecule has 0 saturated heterocycles. The lowest BCUT2D eigenvalue weighted by molar-refractivity contribution is 0.590. The molecule has 0 bridgehead atoms. The Morgan fingerprint density at radius 2 is 1.16 bits per heavy atom. The van der Waals surface area contributed by atoms with Crippen molar-refractivity contribution in [2.45, 2.75) is 91.9 Å². The van der Waals surface area contributed by atoms with Crippen LogP contribution in [0, 0.1) is 0 Å². The largest absolute Gasteiger partial charge is 0.344 e. The van der Waals surface area contributed by atoms with Crippen LogP contribution in [0.2, 0.25) is 0 Å². The maximum atomic E-state index is 2.61. The molecule has 3 nitrogen and oxygen atoms in total. The van der Waals surface area contributed by atoms with E-state index in [-0.39, 0.29) is 23.0 Å². The highest BCUT2D eigenvalue weighted by Crippen LogP contribution is 2.50. The van der Waals surface area contributed by atoms with Crippen LogP contribution in [0.25, 0.3) is 43.0 Å². The molecule has 2 aliphatic heterocycles. The maximum Gasteiger partial charge on any atom is 0.264 e. The molecular formula is C59H58BN3S. The topological polar surface area (TPSA) is 11.4 Å². The lowest BCUT2D eigenvalue weighted by Crippen LogP contribution is -2.60. The number of fused-ring (bicyclic) bond motifs is 9. The second kappa shape index (κ2) is 14.2. The van der Waals surface area contributed by atoms with Crippen molar-refractivity contribution in [2.75, 3.05) is 9.80 Å². The standard InChI is InChI=1S/C59H58BN3S/c1-12-36-20-28-50-46(32-36)60-54-51(62(41-26-22-38(23-27-41)57(2,3)4)55-45-35-40(59(8,9)10)25-31-53(45)64-56(55)60)18-15-19-52(54)63(50)49-30-24-39(58(5,6)7)34-43(49)37-21-29-48-44(33-37)42-16-13-14-17-47(42)61(48)11/h13-35H,12H2,1-11H3. The number of benzene rings is 7. The summed E-state index contributed by atoms with van der Waals surface area (Å²) in [5, 5.41) is 3.91. The van der Waals surface area contributed by atoms with Crippen LogP contribution in [0.3, 0.4) is 0 Å². The van der Waals surface area contributed by atoms with Crippen LogP contribution in [-0.4, -0.2) is 11.3 Å². The van der Waals surface area contributed by atoms with Gasteiger partial charge in [0.15, 0.2) is 0 Å². The van der Waals surface area contributed by atoms with Crippen LogP contribution in [-0.2, 0) is 29.7 Å². The van der Waals surface area contributed by atoms with Gasteiger partial charge < -0.3 is 14.4 Å². The van der Waals surface area contributed by atoms with Crippen LogP contribution in [0.5, 0.6) is 0 Å². The number of aromatic nitrogens is 1. The van der Waals surface area contributed by atoms with Crippen molar-refractivity contribution in [3.63, 3.8) is 0 Å². The van der Waals surface area contributed by atoms with Gasteiger partial charge >= 0.3 is 0 Å². The molecule has 9 aromatic rings. The Labute approximate surface area is 384 Å². The first-order chi connectivity index (χ1) is 30.5. The molecule has 0 aliphatic carbocycles. The molecule has 7 aromatic carbocycles. The van der Waals surface area contributed by atoms with E-state index in [2.05, 4.69) is 230 Å². The van der Waals surface area contributed by atoms with Gasteiger partial charge in [-0.05, 0) is 134 Å². The molecule has 2 aromatic heterocycles. The molecule has 64 heavy (non-hydrogen) atoms. The molecule has 4 heterocycles. The van der Waals surface area contributed by atoms with Gasteiger partial charge in [0.1, 0.15) is 0 Å². The van der Waals surface area contributed by atoms with Crippen LogP contribution >= 0.6 is 11.3 Å². The Balaban J connectivity index is 1.21. The van der Waals surface area contributed by atoms with Gasteiger partial charge in [0, 0.05) is 72.0 Å². The minimum atomic E-state index is -0.0306. The normalized spacial score (nSPS) is 13.8. The zero-order valence-corrected chi connectivity index (χ0v) is 40.1. The third-order valence-electron chi connectivity index (χ3n) is 14.2. The number of para-hydroxylation sites is 1. The van der Waals surface area contributed by atoms with Crippen LogP contribution in [0.15, 0.2) is 140 Å². The van der Waals surface area contributed by atoms with E-state index in [0.717, 1.165) is 6.42 Å². The molecule has 0 radical (unpaired) electrons. The number of aryl methyl sites for hydroxylation is 2. The van der Waals surface area contributed by atoms with E-state index in [9.17, 15) is 0 Å². The summed E-state index contributed by atoms with van der Waals surface area (Å²) in [5.41, 5.74) is 20.6. The Hall–Kier alpha value is -6.04. The predicted molar refractivity (Wildman–Crippen MR) is 281 cm³/mol. The third kappa shape index (κ3) is 6.21. The third-order valence-corrected chi connectivity index (χ3v) is 15.5. The Bertz CT molecular complexity index is 3350. The summed E-state index contributed by atoms with van der Waals surface area (Å²) in [6.07, 6.45) is 0.978. The predicted octanol–water partition coefficient (Wildman–Crippen LogP) is 14.8. The summed E-state index contributed by atoms with van der Waals surface area (Å²) in [5.74, 6) is 0. The first kappa shape index (κ1) is 40.7. The quantitative estimate of drug-likeness (QED) is 0.163. The molecule has 2 aliphatic rings. The lowest BCUT2D eigenvalue weighted by atomic mass is 9.36. The van der Waals surface area contributed by atoms with Gasteiger partial charge in [0.2, 0.25) is 0 Å². The molecule has 0 N–H and O–H groups in total. The van der Waals surface area contributed by atoms with Crippen LogP contribution < -0.4 is 25.5 Å². The van der Waals surface area contributed by atoms with Gasteiger partial charge in [-0.1, -0.05) is 136 Å². The summed E-state index contributed by atoms with van der Waals surface area (Å²) >= 11 is 1.98. The van der Waals surface area contributed by atoms with E-state index in [1.165, 1.54) is 115 Å². The summed E-state index contributed by atoms with van der Waals surface area (Å²) in [4.78, 5) is 5.21. The highest BCUT2D eigenvalue weighted by atomic mass is 32.1. The number of nitrogens with zero attached hydrogens (tertiary/aromatic N) is 3. The van der Waals surface area contributed by atoms with E-state index in [1.807, 2.05) is 11.3 Å². The van der Waals surface area contributed by atoms with E-state index in [4.69, 9.17) is 0 Å². The molecule has 0 amide bonds. The van der Waals surface area contributed by atoms with Gasteiger partial charge in [0.05, 0.1) is 11.4 Å². The van der Waals surface area contributed by atoms with Crippen molar-refractivity contribution in [1.29, 1.82) is 0 Å². The lowest BCUT2D eigenvalue weighted by Gasteiger charge is -2.43. The van der Waals surface area contributed by atoms with Crippen molar-refractivity contribution < 1.29 is 0 Å². The molecule has 11 rings (SSSR count). The van der Waals surface area contributed by atoms with Gasteiger partial charge in [-0.2, -0.15) is 0 Å². The second-order valence-corrected chi connectivity index (χ2v) is 22.5. The van der Waals surface area contributed by atoms with E-state index >= 15 is 0 Å². The molecule has 318 valence electrons. The van der Waals surface area contributed by atoms with Gasteiger partial charge in [-0.3, -0.25) is 0 Å². The smallest absolute Gasteiger partial charge is 0.264 e. The van der Waals surface area contributed by atoms with Crippen LogP contribution in [0.4, 0.5) is 34.1 Å². The minimum absolute atomic E-state index is 0.0221. The van der Waals surface area contributed by atoms with Gasteiger partial charge in [-0.25, -0.2) is 0 Å². The molecular weight excluding hydrogens is 794 g/mol. The Morgan fingerprint density at radius 3 is 1.88 bits per heavy atom. The first-order valence-electron chi connectivity index (χ1n) is 23.2. The molecule has 0 unspecified atom stereocenters. The molecule has 0 saturated carbocycles. The Morgan fingerprint density at radius 1 is 0.516 bits per heavy atom. The van der Waals surface area contributed by atoms with Gasteiger partial charge in [0.25, 0.3) is 6.71 Å². The fourth-order valence-electron chi connectivity index (χ4n) is 10.6. The fourth-order valence-corrected chi connectivity index (χ4v) is 11.9. The number of thiophene rings is 1. The molecule has 5 heteroatoms. The van der Waals surface area contributed by atoms with Crippen molar-refractivity contribution in [1.82, 2.24) is 4.57 Å². The SMILES string of the molecule is CCc1ccc2c(c1)B1c3sc4ccc(C(C)(C)C)cc4c3N(c3ccc(C(C)(C)C)cc3)c3cccc(c31)N2c1ccc(C(C)(C)C)cc1-c1ccc2c(c1)c1ccccc1n2C.